The number of pyridine rings is 1. The summed E-state index contributed by atoms with van der Waals surface area (Å²) in [4.78, 5) is 27.2. The van der Waals surface area contributed by atoms with E-state index in [9.17, 15) is 28.8 Å². The second kappa shape index (κ2) is 7.21. The second-order valence-corrected chi connectivity index (χ2v) is 7.02. The Bertz CT molecular complexity index is 930. The van der Waals surface area contributed by atoms with Crippen molar-refractivity contribution in [2.24, 2.45) is 0 Å². The number of hydrogen-bond donors (Lipinski definition) is 2. The van der Waals surface area contributed by atoms with Crippen LogP contribution in [0.1, 0.15) is 26.2 Å². The zero-order valence-electron chi connectivity index (χ0n) is 14.3. The molecule has 11 nitrogen and oxygen atoms in total. The quantitative estimate of drug-likeness (QED) is 0.311. The highest BCUT2D eigenvalue weighted by Crippen LogP contribution is 2.40. The number of hydrogen-bond acceptors (Lipinski definition) is 9. The molecule has 12 heteroatoms. The summed E-state index contributed by atoms with van der Waals surface area (Å²) in [6.45, 7) is 1.74. The predicted molar refractivity (Wildman–Crippen MR) is 93.5 cm³/mol. The van der Waals surface area contributed by atoms with Gasteiger partial charge in [0.2, 0.25) is 0 Å². The number of ether oxygens (including phenoxy) is 1. The molecule has 3 rings (SSSR count). The van der Waals surface area contributed by atoms with Gasteiger partial charge in [0.15, 0.2) is 5.65 Å². The second-order valence-electron chi connectivity index (χ2n) is 6.20. The van der Waals surface area contributed by atoms with Gasteiger partial charge in [0.1, 0.15) is 17.4 Å². The van der Waals surface area contributed by atoms with Gasteiger partial charge in [-0.2, -0.15) is 0 Å². The van der Waals surface area contributed by atoms with Crippen LogP contribution >= 0.6 is 0 Å². The molecule has 0 aromatic carbocycles. The summed E-state index contributed by atoms with van der Waals surface area (Å²) < 4.78 is 28.6. The molecule has 2 aromatic rings. The summed E-state index contributed by atoms with van der Waals surface area (Å²) in [6.07, 6.45) is 1.91. The Kier molecular flexibility index (Phi) is 5.13. The number of esters is 1. The molecule has 2 aromatic heterocycles. The van der Waals surface area contributed by atoms with Crippen molar-refractivity contribution in [2.45, 2.75) is 37.8 Å². The lowest BCUT2D eigenvalue weighted by Gasteiger charge is -2.29. The van der Waals surface area contributed by atoms with E-state index in [0.29, 0.717) is 6.42 Å². The van der Waals surface area contributed by atoms with Crippen molar-refractivity contribution in [3.05, 3.63) is 28.6 Å². The van der Waals surface area contributed by atoms with E-state index in [4.69, 9.17) is 4.74 Å². The summed E-state index contributed by atoms with van der Waals surface area (Å²) in [5.41, 5.74) is -1.83. The summed E-state index contributed by atoms with van der Waals surface area (Å²) in [5.74, 6) is -0.632. The van der Waals surface area contributed by atoms with Gasteiger partial charge < -0.3 is 19.7 Å². The van der Waals surface area contributed by atoms with Gasteiger partial charge in [0.05, 0.1) is 34.3 Å². The van der Waals surface area contributed by atoms with Gasteiger partial charge in [0, 0.05) is 12.6 Å². The van der Waals surface area contributed by atoms with E-state index in [1.54, 1.807) is 6.92 Å². The lowest BCUT2D eigenvalue weighted by molar-refractivity contribution is -0.384. The van der Waals surface area contributed by atoms with Crippen LogP contribution in [0.4, 0.5) is 11.4 Å². The molecule has 0 saturated heterocycles. The summed E-state index contributed by atoms with van der Waals surface area (Å²) in [5, 5.41) is 24.5. The zero-order chi connectivity index (χ0) is 19.8. The number of carbonyl (C=O) groups excluding carboxylic acids is 1. The molecule has 1 aliphatic rings. The Morgan fingerprint density at radius 2 is 2.37 bits per heavy atom. The van der Waals surface area contributed by atoms with Crippen molar-refractivity contribution < 1.29 is 28.3 Å². The molecule has 0 bridgehead atoms. The molecular weight excluding hydrogens is 380 g/mol. The number of aliphatic hydroxyl groups is 1. The van der Waals surface area contributed by atoms with Crippen LogP contribution < -0.4 is 5.32 Å². The van der Waals surface area contributed by atoms with Gasteiger partial charge in [-0.3, -0.25) is 18.3 Å². The maximum absolute atomic E-state index is 12.6. The number of carbonyl (C=O) groups is 1. The van der Waals surface area contributed by atoms with Crippen LogP contribution in [0.3, 0.4) is 0 Å². The number of aliphatic hydroxyl groups excluding tert-OH is 1. The molecule has 0 amide bonds. The fourth-order valence-electron chi connectivity index (χ4n) is 3.32. The van der Waals surface area contributed by atoms with Crippen LogP contribution in [0.2, 0.25) is 0 Å². The number of nitrogens with zero attached hydrogens (tertiary/aromatic N) is 3. The van der Waals surface area contributed by atoms with Crippen LogP contribution in [-0.4, -0.2) is 52.0 Å². The van der Waals surface area contributed by atoms with Gasteiger partial charge in [-0.25, -0.2) is 9.78 Å². The fourth-order valence-corrected chi connectivity index (χ4v) is 3.77. The third kappa shape index (κ3) is 3.38. The van der Waals surface area contributed by atoms with Gasteiger partial charge in [-0.1, -0.05) is 0 Å². The van der Waals surface area contributed by atoms with Crippen molar-refractivity contribution in [1.29, 1.82) is 0 Å². The lowest BCUT2D eigenvalue weighted by atomic mass is 9.96. The smallest absolute Gasteiger partial charge is 0.331 e. The highest BCUT2D eigenvalue weighted by Gasteiger charge is 2.47. The first kappa shape index (κ1) is 19.2. The maximum Gasteiger partial charge on any atom is 0.331 e. The molecular formula is C15H17N4O7S-. The van der Waals surface area contributed by atoms with Gasteiger partial charge >= 0.3 is 11.7 Å². The van der Waals surface area contributed by atoms with E-state index >= 15 is 0 Å². The SMILES string of the molecule is CCOC(=O)C1(Nc2c([N+](=O)[O-])cnc3c2ccn3S(=O)[O-])CCC(O)C1. The number of anilines is 1. The highest BCUT2D eigenvalue weighted by atomic mass is 32.2. The van der Waals surface area contributed by atoms with Crippen LogP contribution in [0.25, 0.3) is 11.0 Å². The van der Waals surface area contributed by atoms with E-state index in [0.717, 1.165) is 10.2 Å². The first-order valence-corrected chi connectivity index (χ1v) is 9.20. The molecule has 0 radical (unpaired) electrons. The van der Waals surface area contributed by atoms with Crippen LogP contribution in [-0.2, 0) is 20.8 Å². The van der Waals surface area contributed by atoms with Gasteiger partial charge in [-0.05, 0) is 25.8 Å². The Morgan fingerprint density at radius 3 is 2.93 bits per heavy atom. The molecule has 1 fully saturated rings. The first-order chi connectivity index (χ1) is 12.8. The van der Waals surface area contributed by atoms with E-state index in [1.807, 2.05) is 0 Å². The summed E-state index contributed by atoms with van der Waals surface area (Å²) >= 11 is -2.65. The van der Waals surface area contributed by atoms with Crippen molar-refractivity contribution in [1.82, 2.24) is 8.96 Å². The van der Waals surface area contributed by atoms with E-state index in [2.05, 4.69) is 10.3 Å². The largest absolute Gasteiger partial charge is 0.755 e. The minimum Gasteiger partial charge on any atom is -0.755 e. The first-order valence-electron chi connectivity index (χ1n) is 8.16. The fraction of sp³-hybridized carbons (Fsp3) is 0.467. The highest BCUT2D eigenvalue weighted by molar-refractivity contribution is 7.77. The molecule has 1 saturated carbocycles. The number of nitro groups is 1. The third-order valence-corrected chi connectivity index (χ3v) is 5.15. The Labute approximate surface area is 155 Å². The average Bonchev–Trinajstić information content (AvgIpc) is 3.20. The number of fused-ring (bicyclic) bond motifs is 1. The van der Waals surface area contributed by atoms with Gasteiger partial charge in [-0.15, -0.1) is 0 Å². The predicted octanol–water partition coefficient (Wildman–Crippen LogP) is 0.845. The van der Waals surface area contributed by atoms with Crippen LogP contribution in [0, 0.1) is 10.1 Å². The lowest BCUT2D eigenvalue weighted by Crippen LogP contribution is -2.46. The summed E-state index contributed by atoms with van der Waals surface area (Å²) in [6, 6.07) is 1.36. The molecule has 2 heterocycles. The van der Waals surface area contributed by atoms with E-state index < -0.39 is 39.5 Å². The normalized spacial score (nSPS) is 23.3. The number of rotatable bonds is 6. The topological polar surface area (TPSA) is 160 Å². The minimum absolute atomic E-state index is 0.0149. The molecule has 3 atom stereocenters. The van der Waals surface area contributed by atoms with Crippen LogP contribution in [0.5, 0.6) is 0 Å². The summed E-state index contributed by atoms with van der Waals surface area (Å²) in [7, 11) is 0. The minimum atomic E-state index is -2.65. The molecule has 146 valence electrons. The average molecular weight is 397 g/mol. The molecule has 1 aliphatic carbocycles. The van der Waals surface area contributed by atoms with Crippen molar-refractivity contribution in [3.63, 3.8) is 0 Å². The van der Waals surface area contributed by atoms with Crippen molar-refractivity contribution in [2.75, 3.05) is 11.9 Å². The van der Waals surface area contributed by atoms with Crippen LogP contribution in [0.15, 0.2) is 18.5 Å². The number of aromatic nitrogens is 2. The number of nitrogens with one attached hydrogen (secondary N) is 1. The Morgan fingerprint density at radius 1 is 1.63 bits per heavy atom. The molecule has 27 heavy (non-hydrogen) atoms. The molecule has 0 spiro atoms. The third-order valence-electron chi connectivity index (χ3n) is 4.54. The Hall–Kier alpha value is -2.57. The standard InChI is InChI=1S/C15H18N4O7S/c1-2-26-14(21)15(5-3-9(20)7-15)17-12-10-4-6-18(27(24)25)13(10)16-8-11(12)19(22)23/h4,6,8-9,20H,2-3,5,7H2,1H3,(H,16,17)(H,24,25)/p-1. The molecule has 3 unspecified atom stereocenters. The molecule has 0 aliphatic heterocycles. The van der Waals surface area contributed by atoms with Crippen molar-refractivity contribution in [3.8, 4) is 0 Å². The van der Waals surface area contributed by atoms with Gasteiger partial charge in [0.25, 0.3) is 0 Å². The molecule has 2 N–H and O–H groups in total. The Balaban J connectivity index is 2.16. The van der Waals surface area contributed by atoms with E-state index in [-0.39, 0.29) is 36.2 Å². The van der Waals surface area contributed by atoms with Crippen molar-refractivity contribution >= 4 is 39.6 Å². The van der Waals surface area contributed by atoms with E-state index in [1.165, 1.54) is 12.3 Å². The zero-order valence-corrected chi connectivity index (χ0v) is 15.1. The monoisotopic (exact) mass is 397 g/mol. The maximum atomic E-state index is 12.6.